The third-order valence-electron chi connectivity index (χ3n) is 6.28. The molecule has 8 heteroatoms. The first-order valence-electron chi connectivity index (χ1n) is 12.0. The van der Waals surface area contributed by atoms with Crippen LogP contribution in [-0.4, -0.2) is 70.0 Å². The summed E-state index contributed by atoms with van der Waals surface area (Å²) in [7, 11) is 0. The molecule has 0 unspecified atom stereocenters. The zero-order valence-corrected chi connectivity index (χ0v) is 19.1. The second-order valence-electron chi connectivity index (χ2n) is 8.79. The highest BCUT2D eigenvalue weighted by molar-refractivity contribution is 5.75. The van der Waals surface area contributed by atoms with Crippen LogP contribution in [0.3, 0.4) is 0 Å². The number of nitrogens with zero attached hydrogens (tertiary/aromatic N) is 4. The van der Waals surface area contributed by atoms with E-state index in [9.17, 15) is 5.11 Å². The maximum Gasteiger partial charge on any atom is 0.224 e. The van der Waals surface area contributed by atoms with Gasteiger partial charge in [-0.15, -0.1) is 0 Å². The summed E-state index contributed by atoms with van der Waals surface area (Å²) >= 11 is 0. The molecule has 2 aromatic heterocycles. The van der Waals surface area contributed by atoms with Gasteiger partial charge in [-0.2, -0.15) is 4.98 Å². The third kappa shape index (κ3) is 6.15. The van der Waals surface area contributed by atoms with Crippen LogP contribution in [0.2, 0.25) is 0 Å². The zero-order chi connectivity index (χ0) is 22.2. The lowest BCUT2D eigenvalue weighted by Crippen LogP contribution is -2.35. The highest BCUT2D eigenvalue weighted by Gasteiger charge is 2.23. The molecule has 0 radical (unpaired) electrons. The van der Waals surface area contributed by atoms with Crippen LogP contribution in [0.5, 0.6) is 0 Å². The van der Waals surface area contributed by atoms with E-state index in [1.807, 2.05) is 18.5 Å². The molecule has 0 bridgehead atoms. The Balaban J connectivity index is 1.60. The van der Waals surface area contributed by atoms with Crippen LogP contribution >= 0.6 is 0 Å². The number of nitrogens with one attached hydrogen (secondary N) is 2. The molecule has 1 saturated heterocycles. The van der Waals surface area contributed by atoms with Crippen molar-refractivity contribution in [3.8, 4) is 11.3 Å². The smallest absolute Gasteiger partial charge is 0.224 e. The van der Waals surface area contributed by atoms with E-state index in [-0.39, 0.29) is 6.10 Å². The van der Waals surface area contributed by atoms with E-state index < -0.39 is 0 Å². The van der Waals surface area contributed by atoms with Crippen LogP contribution in [-0.2, 0) is 11.3 Å². The van der Waals surface area contributed by atoms with Crippen molar-refractivity contribution in [3.63, 3.8) is 0 Å². The molecule has 0 aromatic carbocycles. The quantitative estimate of drug-likeness (QED) is 0.511. The Morgan fingerprint density at radius 1 is 1.16 bits per heavy atom. The van der Waals surface area contributed by atoms with Crippen molar-refractivity contribution in [1.29, 1.82) is 0 Å². The fourth-order valence-electron chi connectivity index (χ4n) is 4.35. The Morgan fingerprint density at radius 2 is 1.97 bits per heavy atom. The Bertz CT molecular complexity index is 850. The molecule has 174 valence electrons. The van der Waals surface area contributed by atoms with Gasteiger partial charge in [0.05, 0.1) is 30.6 Å². The van der Waals surface area contributed by atoms with Gasteiger partial charge in [0, 0.05) is 44.6 Å². The van der Waals surface area contributed by atoms with Gasteiger partial charge in [-0.3, -0.25) is 9.88 Å². The van der Waals surface area contributed by atoms with Crippen molar-refractivity contribution in [2.45, 2.75) is 64.1 Å². The molecule has 0 spiro atoms. The Hall–Kier alpha value is -2.29. The fourth-order valence-corrected chi connectivity index (χ4v) is 4.35. The summed E-state index contributed by atoms with van der Waals surface area (Å²) in [6, 6.07) is 4.43. The molecule has 32 heavy (non-hydrogen) atoms. The van der Waals surface area contributed by atoms with Crippen LogP contribution in [0, 0.1) is 0 Å². The summed E-state index contributed by atoms with van der Waals surface area (Å²) in [5.41, 5.74) is 3.03. The molecule has 0 atom stereocenters. The molecule has 3 N–H and O–H groups in total. The topological polar surface area (TPSA) is 95.4 Å². The molecule has 0 amide bonds. The molecular formula is C24H36N6O2. The van der Waals surface area contributed by atoms with Crippen molar-refractivity contribution in [2.75, 3.05) is 43.5 Å². The summed E-state index contributed by atoms with van der Waals surface area (Å²) in [6.45, 7) is 7.28. The first-order valence-corrected chi connectivity index (χ1v) is 12.0. The van der Waals surface area contributed by atoms with Crippen molar-refractivity contribution >= 4 is 11.8 Å². The van der Waals surface area contributed by atoms with E-state index in [0.29, 0.717) is 12.0 Å². The summed E-state index contributed by atoms with van der Waals surface area (Å²) in [5, 5.41) is 16.9. The first-order chi connectivity index (χ1) is 15.7. The minimum Gasteiger partial charge on any atom is -0.393 e. The number of morpholine rings is 1. The number of hydrogen-bond donors (Lipinski definition) is 3. The highest BCUT2D eigenvalue weighted by Crippen LogP contribution is 2.31. The van der Waals surface area contributed by atoms with Gasteiger partial charge >= 0.3 is 0 Å². The summed E-state index contributed by atoms with van der Waals surface area (Å²) in [6.07, 6.45) is 9.28. The molecule has 4 rings (SSSR count). The predicted octanol–water partition coefficient (Wildman–Crippen LogP) is 3.30. The average molecular weight is 441 g/mol. The van der Waals surface area contributed by atoms with Gasteiger partial charge < -0.3 is 20.5 Å². The second kappa shape index (κ2) is 11.5. The summed E-state index contributed by atoms with van der Waals surface area (Å²) < 4.78 is 5.50. The largest absolute Gasteiger partial charge is 0.393 e. The maximum atomic E-state index is 9.90. The van der Waals surface area contributed by atoms with Crippen molar-refractivity contribution in [2.24, 2.45) is 0 Å². The summed E-state index contributed by atoms with van der Waals surface area (Å²) in [4.78, 5) is 16.6. The lowest BCUT2D eigenvalue weighted by molar-refractivity contribution is 0.0342. The van der Waals surface area contributed by atoms with Gasteiger partial charge in [-0.05, 0) is 43.7 Å². The minimum absolute atomic E-state index is 0.180. The summed E-state index contributed by atoms with van der Waals surface area (Å²) in [5.74, 6) is 1.47. The number of aliphatic hydroxyl groups excluding tert-OH is 1. The number of aromatic nitrogens is 3. The maximum absolute atomic E-state index is 9.90. The number of ether oxygens (including phenoxy) is 1. The van der Waals surface area contributed by atoms with Gasteiger partial charge in [0.15, 0.2) is 0 Å². The Morgan fingerprint density at radius 3 is 2.75 bits per heavy atom. The SMILES string of the molecule is CCCCNc1ncc(-c2ncccc2CN2CCOCC2)c(NC2CCC(O)CC2)n1. The van der Waals surface area contributed by atoms with Gasteiger partial charge in [0.2, 0.25) is 5.95 Å². The van der Waals surface area contributed by atoms with E-state index in [2.05, 4.69) is 33.5 Å². The first kappa shape index (κ1) is 22.9. The van der Waals surface area contributed by atoms with Crippen molar-refractivity contribution < 1.29 is 9.84 Å². The van der Waals surface area contributed by atoms with Crippen LogP contribution in [0.25, 0.3) is 11.3 Å². The average Bonchev–Trinajstić information content (AvgIpc) is 2.82. The molecule has 8 nitrogen and oxygen atoms in total. The standard InChI is InChI=1S/C24H36N6O2/c1-2-3-10-26-24-27-16-21(23(29-24)28-19-6-8-20(31)9-7-19)22-18(5-4-11-25-22)17-30-12-14-32-15-13-30/h4-5,11,16,19-20,31H,2-3,6-10,12-15,17H2,1H3,(H2,26,27,28,29). The van der Waals surface area contributed by atoms with E-state index in [1.165, 1.54) is 5.56 Å². The zero-order valence-electron chi connectivity index (χ0n) is 19.1. The molecule has 2 fully saturated rings. The van der Waals surface area contributed by atoms with Gasteiger partial charge in [-0.1, -0.05) is 19.4 Å². The lowest BCUT2D eigenvalue weighted by Gasteiger charge is -2.28. The normalized spacial score (nSPS) is 21.9. The van der Waals surface area contributed by atoms with Crippen LogP contribution in [0.15, 0.2) is 24.5 Å². The second-order valence-corrected chi connectivity index (χ2v) is 8.79. The number of hydrogen-bond acceptors (Lipinski definition) is 8. The Kier molecular flexibility index (Phi) is 8.25. The lowest BCUT2D eigenvalue weighted by atomic mass is 9.93. The van der Waals surface area contributed by atoms with E-state index in [4.69, 9.17) is 14.7 Å². The minimum atomic E-state index is -0.180. The van der Waals surface area contributed by atoms with Gasteiger partial charge in [0.25, 0.3) is 0 Å². The van der Waals surface area contributed by atoms with Gasteiger partial charge in [0.1, 0.15) is 5.82 Å². The third-order valence-corrected chi connectivity index (χ3v) is 6.28. The predicted molar refractivity (Wildman–Crippen MR) is 127 cm³/mol. The van der Waals surface area contributed by atoms with Crippen molar-refractivity contribution in [3.05, 3.63) is 30.1 Å². The molecule has 3 heterocycles. The Labute approximate surface area is 190 Å². The monoisotopic (exact) mass is 440 g/mol. The molecule has 1 saturated carbocycles. The molecule has 1 aliphatic heterocycles. The molecular weight excluding hydrogens is 404 g/mol. The van der Waals surface area contributed by atoms with Gasteiger partial charge in [-0.25, -0.2) is 4.98 Å². The molecule has 1 aliphatic carbocycles. The van der Waals surface area contributed by atoms with Crippen LogP contribution in [0.4, 0.5) is 11.8 Å². The van der Waals surface area contributed by atoms with E-state index in [0.717, 1.165) is 95.0 Å². The number of pyridine rings is 1. The number of anilines is 2. The van der Waals surface area contributed by atoms with Crippen LogP contribution in [0.1, 0.15) is 51.0 Å². The van der Waals surface area contributed by atoms with Crippen molar-refractivity contribution in [1.82, 2.24) is 19.9 Å². The van der Waals surface area contributed by atoms with E-state index in [1.54, 1.807) is 0 Å². The number of rotatable bonds is 9. The van der Waals surface area contributed by atoms with Crippen LogP contribution < -0.4 is 10.6 Å². The van der Waals surface area contributed by atoms with E-state index >= 15 is 0 Å². The molecule has 2 aliphatic rings. The number of unbranched alkanes of at least 4 members (excludes halogenated alkanes) is 1. The highest BCUT2D eigenvalue weighted by atomic mass is 16.5. The number of aliphatic hydroxyl groups is 1. The molecule has 2 aromatic rings. The fraction of sp³-hybridized carbons (Fsp3) is 0.625.